The molecule has 1 heterocycles. The second-order valence-electron chi connectivity index (χ2n) is 13.3. The van der Waals surface area contributed by atoms with Crippen LogP contribution in [0, 0.1) is 0 Å². The van der Waals surface area contributed by atoms with E-state index in [2.05, 4.69) is 170 Å². The van der Waals surface area contributed by atoms with Crippen molar-refractivity contribution >= 4 is 80.9 Å². The van der Waals surface area contributed by atoms with Gasteiger partial charge in [-0.25, -0.2) is 0 Å². The molecule has 8 aromatic carbocycles. The summed E-state index contributed by atoms with van der Waals surface area (Å²) in [5.41, 5.74) is 8.89. The Morgan fingerprint density at radius 2 is 1.11 bits per heavy atom. The predicted octanol–water partition coefficient (Wildman–Crippen LogP) is 13.3. The standard InChI is InChI=1S/C45H31NS/c1-45(2)39-17-9-7-15-34(39)35-23-20-31(27-40(35)45)46(30-21-24-43-38(26-30)36-16-8-10-18-42(36)47-43)41-25-29-12-4-5-13-32(29)37-22-19-28-11-3-6-14-33(28)44(37)41/h3-27H,1-2H3. The largest absolute Gasteiger partial charge is 0.310 e. The molecule has 0 saturated carbocycles. The van der Waals surface area contributed by atoms with Gasteiger partial charge in [0.25, 0.3) is 0 Å². The lowest BCUT2D eigenvalue weighted by Crippen LogP contribution is -2.16. The van der Waals surface area contributed by atoms with Crippen LogP contribution in [0.3, 0.4) is 0 Å². The Morgan fingerprint density at radius 1 is 0.447 bits per heavy atom. The normalized spacial score (nSPS) is 13.5. The van der Waals surface area contributed by atoms with Gasteiger partial charge in [0.15, 0.2) is 0 Å². The minimum Gasteiger partial charge on any atom is -0.310 e. The third-order valence-corrected chi connectivity index (χ3v) is 11.6. The first-order valence-corrected chi connectivity index (χ1v) is 17.2. The minimum absolute atomic E-state index is 0.0979. The highest BCUT2D eigenvalue weighted by atomic mass is 32.1. The Hall–Kier alpha value is -5.44. The van der Waals surface area contributed by atoms with Crippen molar-refractivity contribution in [3.8, 4) is 11.1 Å². The molecule has 222 valence electrons. The number of fused-ring (bicyclic) bond motifs is 11. The molecule has 1 aliphatic rings. The van der Waals surface area contributed by atoms with E-state index in [1.807, 2.05) is 11.3 Å². The molecule has 0 N–H and O–H groups in total. The fourth-order valence-corrected chi connectivity index (χ4v) is 9.23. The highest BCUT2D eigenvalue weighted by molar-refractivity contribution is 7.25. The van der Waals surface area contributed by atoms with Crippen molar-refractivity contribution in [1.29, 1.82) is 0 Å². The molecule has 10 rings (SSSR count). The zero-order valence-electron chi connectivity index (χ0n) is 26.3. The monoisotopic (exact) mass is 617 g/mol. The molecule has 1 aliphatic carbocycles. The fraction of sp³-hybridized carbons (Fsp3) is 0.0667. The van der Waals surface area contributed by atoms with Gasteiger partial charge in [-0.05, 0) is 91.6 Å². The second-order valence-corrected chi connectivity index (χ2v) is 14.4. The van der Waals surface area contributed by atoms with Crippen LogP contribution in [0.15, 0.2) is 152 Å². The van der Waals surface area contributed by atoms with E-state index in [1.165, 1.54) is 91.8 Å². The van der Waals surface area contributed by atoms with Crippen LogP contribution in [0.4, 0.5) is 17.1 Å². The lowest BCUT2D eigenvalue weighted by Gasteiger charge is -2.30. The molecule has 0 amide bonds. The highest BCUT2D eigenvalue weighted by Gasteiger charge is 2.36. The molecular formula is C45H31NS. The molecule has 0 aliphatic heterocycles. The van der Waals surface area contributed by atoms with E-state index >= 15 is 0 Å². The fourth-order valence-electron chi connectivity index (χ4n) is 8.15. The molecule has 0 unspecified atom stereocenters. The zero-order valence-corrected chi connectivity index (χ0v) is 27.1. The average molecular weight is 618 g/mol. The first-order valence-electron chi connectivity index (χ1n) is 16.4. The van der Waals surface area contributed by atoms with Crippen LogP contribution < -0.4 is 4.90 Å². The summed E-state index contributed by atoms with van der Waals surface area (Å²) >= 11 is 1.87. The SMILES string of the molecule is CC1(C)c2ccccc2-c2ccc(N(c3ccc4sc5ccccc5c4c3)c3cc4ccccc4c4ccc5ccccc5c34)cc21. The summed E-state index contributed by atoms with van der Waals surface area (Å²) in [7, 11) is 0. The zero-order chi connectivity index (χ0) is 31.3. The quantitative estimate of drug-likeness (QED) is 0.178. The van der Waals surface area contributed by atoms with E-state index in [-0.39, 0.29) is 5.41 Å². The van der Waals surface area contributed by atoms with Gasteiger partial charge >= 0.3 is 0 Å². The summed E-state index contributed by atoms with van der Waals surface area (Å²) in [6, 6.07) is 56.5. The van der Waals surface area contributed by atoms with E-state index < -0.39 is 0 Å². The molecule has 0 atom stereocenters. The van der Waals surface area contributed by atoms with Gasteiger partial charge in [0.2, 0.25) is 0 Å². The molecule has 0 bridgehead atoms. The molecule has 0 fully saturated rings. The summed E-state index contributed by atoms with van der Waals surface area (Å²) in [5.74, 6) is 0. The molecule has 47 heavy (non-hydrogen) atoms. The molecular weight excluding hydrogens is 587 g/mol. The lowest BCUT2D eigenvalue weighted by atomic mass is 9.82. The highest BCUT2D eigenvalue weighted by Crippen LogP contribution is 2.52. The second kappa shape index (κ2) is 9.78. The van der Waals surface area contributed by atoms with E-state index in [1.54, 1.807) is 0 Å². The van der Waals surface area contributed by atoms with Gasteiger partial charge in [0.1, 0.15) is 0 Å². The Morgan fingerprint density at radius 3 is 2.00 bits per heavy atom. The molecule has 2 heteroatoms. The minimum atomic E-state index is -0.0979. The summed E-state index contributed by atoms with van der Waals surface area (Å²) in [4.78, 5) is 2.52. The average Bonchev–Trinajstić information content (AvgIpc) is 3.60. The van der Waals surface area contributed by atoms with E-state index in [4.69, 9.17) is 0 Å². The third kappa shape index (κ3) is 3.83. The maximum absolute atomic E-state index is 2.52. The molecule has 0 radical (unpaired) electrons. The first kappa shape index (κ1) is 26.7. The number of hydrogen-bond acceptors (Lipinski definition) is 2. The molecule has 0 spiro atoms. The maximum Gasteiger partial charge on any atom is 0.0552 e. The van der Waals surface area contributed by atoms with Gasteiger partial charge in [0.05, 0.1) is 5.69 Å². The van der Waals surface area contributed by atoms with Gasteiger partial charge in [-0.15, -0.1) is 11.3 Å². The summed E-state index contributed by atoms with van der Waals surface area (Å²) < 4.78 is 2.64. The lowest BCUT2D eigenvalue weighted by molar-refractivity contribution is 0.660. The van der Waals surface area contributed by atoms with Crippen molar-refractivity contribution in [2.45, 2.75) is 19.3 Å². The number of thiophene rings is 1. The number of nitrogens with zero attached hydrogens (tertiary/aromatic N) is 1. The molecule has 9 aromatic rings. The van der Waals surface area contributed by atoms with Crippen molar-refractivity contribution in [1.82, 2.24) is 0 Å². The number of rotatable bonds is 3. The van der Waals surface area contributed by atoms with Gasteiger partial charge in [-0.2, -0.15) is 0 Å². The number of anilines is 3. The summed E-state index contributed by atoms with van der Waals surface area (Å²) in [6.07, 6.45) is 0. The first-order chi connectivity index (χ1) is 23.1. The Labute approximate surface area is 278 Å². The van der Waals surface area contributed by atoms with E-state index in [0.717, 1.165) is 0 Å². The van der Waals surface area contributed by atoms with Gasteiger partial charge in [0, 0.05) is 42.3 Å². The van der Waals surface area contributed by atoms with Gasteiger partial charge < -0.3 is 4.90 Å². The van der Waals surface area contributed by atoms with Crippen molar-refractivity contribution in [3.63, 3.8) is 0 Å². The van der Waals surface area contributed by atoms with Crippen LogP contribution >= 0.6 is 11.3 Å². The maximum atomic E-state index is 2.52. The smallest absolute Gasteiger partial charge is 0.0552 e. The van der Waals surface area contributed by atoms with Crippen LogP contribution in [-0.4, -0.2) is 0 Å². The van der Waals surface area contributed by atoms with Crippen LogP contribution in [0.2, 0.25) is 0 Å². The predicted molar refractivity (Wildman–Crippen MR) is 204 cm³/mol. The van der Waals surface area contributed by atoms with Crippen molar-refractivity contribution < 1.29 is 0 Å². The summed E-state index contributed by atoms with van der Waals surface area (Å²) in [6.45, 7) is 4.74. The molecule has 1 nitrogen and oxygen atoms in total. The Balaban J connectivity index is 1.32. The van der Waals surface area contributed by atoms with Crippen molar-refractivity contribution in [2.24, 2.45) is 0 Å². The van der Waals surface area contributed by atoms with Crippen molar-refractivity contribution in [3.05, 3.63) is 163 Å². The van der Waals surface area contributed by atoms with E-state index in [9.17, 15) is 0 Å². The van der Waals surface area contributed by atoms with Crippen LogP contribution in [0.1, 0.15) is 25.0 Å². The third-order valence-electron chi connectivity index (χ3n) is 10.4. The Bertz CT molecular complexity index is 2730. The topological polar surface area (TPSA) is 3.24 Å². The molecule has 1 aromatic heterocycles. The summed E-state index contributed by atoms with van der Waals surface area (Å²) in [5, 5.41) is 10.2. The molecule has 0 saturated heterocycles. The van der Waals surface area contributed by atoms with E-state index in [0.29, 0.717) is 0 Å². The van der Waals surface area contributed by atoms with Gasteiger partial charge in [-0.1, -0.05) is 123 Å². The number of benzene rings is 8. The number of hydrogen-bond donors (Lipinski definition) is 0. The van der Waals surface area contributed by atoms with Crippen LogP contribution in [-0.2, 0) is 5.41 Å². The Kier molecular flexibility index (Phi) is 5.57. The van der Waals surface area contributed by atoms with Crippen LogP contribution in [0.5, 0.6) is 0 Å². The van der Waals surface area contributed by atoms with Gasteiger partial charge in [-0.3, -0.25) is 0 Å². The van der Waals surface area contributed by atoms with Crippen molar-refractivity contribution in [2.75, 3.05) is 4.90 Å². The van der Waals surface area contributed by atoms with Crippen LogP contribution in [0.25, 0.3) is 63.6 Å².